The molecule has 1 N–H and O–H groups in total. The number of halogens is 2. The van der Waals surface area contributed by atoms with Gasteiger partial charge in [0.2, 0.25) is 0 Å². The van der Waals surface area contributed by atoms with Gasteiger partial charge in [0.05, 0.1) is 28.8 Å². The molecule has 1 aliphatic rings. The highest BCUT2D eigenvalue weighted by Gasteiger charge is 2.32. The van der Waals surface area contributed by atoms with Crippen LogP contribution in [0.2, 0.25) is 10.0 Å². The third-order valence-electron chi connectivity index (χ3n) is 3.62. The zero-order chi connectivity index (χ0) is 15.6. The van der Waals surface area contributed by atoms with Gasteiger partial charge in [-0.25, -0.2) is 4.79 Å². The number of benzene rings is 1. The number of ether oxygens (including phenoxy) is 1. The van der Waals surface area contributed by atoms with Gasteiger partial charge < -0.3 is 19.6 Å². The molecule has 0 aliphatic carbocycles. The molecular formula is C14H18Cl2N2O3. The highest BCUT2D eigenvalue weighted by atomic mass is 35.5. The molecule has 2 rings (SSSR count). The van der Waals surface area contributed by atoms with Gasteiger partial charge in [-0.1, -0.05) is 29.3 Å². The number of hydrogen-bond acceptors (Lipinski definition) is 3. The quantitative estimate of drug-likeness (QED) is 0.904. The molecule has 1 amide bonds. The summed E-state index contributed by atoms with van der Waals surface area (Å²) in [5.41, 5.74) is 0.898. The van der Waals surface area contributed by atoms with Gasteiger partial charge in [-0.2, -0.15) is 0 Å². The molecule has 0 bridgehead atoms. The smallest absolute Gasteiger partial charge is 0.407 e. The standard InChI is InChI=1S/C14H18Cl2N2O3/c1-17(2)12-8-18(14(19)20)5-6-21-13(12)9-3-4-10(15)11(16)7-9/h3-4,7,12-13H,5-6,8H2,1-2H3,(H,19,20)/t12-,13+/m1/s1. The Morgan fingerprint density at radius 3 is 2.67 bits per heavy atom. The van der Waals surface area contributed by atoms with Crippen LogP contribution in [0.5, 0.6) is 0 Å². The largest absolute Gasteiger partial charge is 0.465 e. The highest BCUT2D eigenvalue weighted by Crippen LogP contribution is 2.31. The molecular weight excluding hydrogens is 315 g/mol. The van der Waals surface area contributed by atoms with Crippen LogP contribution in [0, 0.1) is 0 Å². The lowest BCUT2D eigenvalue weighted by molar-refractivity contribution is 0.0164. The van der Waals surface area contributed by atoms with E-state index in [1.807, 2.05) is 25.1 Å². The number of rotatable bonds is 2. The van der Waals surface area contributed by atoms with Crippen molar-refractivity contribution in [3.8, 4) is 0 Å². The van der Waals surface area contributed by atoms with Gasteiger partial charge in [-0.05, 0) is 31.8 Å². The van der Waals surface area contributed by atoms with E-state index < -0.39 is 6.09 Å². The van der Waals surface area contributed by atoms with Crippen molar-refractivity contribution in [2.45, 2.75) is 12.1 Å². The van der Waals surface area contributed by atoms with E-state index in [1.54, 1.807) is 12.1 Å². The third kappa shape index (κ3) is 3.80. The second kappa shape index (κ2) is 6.83. The Morgan fingerprint density at radius 2 is 2.10 bits per heavy atom. The van der Waals surface area contributed by atoms with E-state index in [-0.39, 0.29) is 12.1 Å². The summed E-state index contributed by atoms with van der Waals surface area (Å²) in [6.07, 6.45) is -1.18. The van der Waals surface area contributed by atoms with Crippen molar-refractivity contribution in [1.29, 1.82) is 0 Å². The maximum absolute atomic E-state index is 11.2. The number of carbonyl (C=O) groups is 1. The van der Waals surface area contributed by atoms with Crippen molar-refractivity contribution in [2.24, 2.45) is 0 Å². The molecule has 0 aromatic heterocycles. The molecule has 0 unspecified atom stereocenters. The van der Waals surface area contributed by atoms with Crippen molar-refractivity contribution in [3.63, 3.8) is 0 Å². The van der Waals surface area contributed by atoms with E-state index in [4.69, 9.17) is 27.9 Å². The lowest BCUT2D eigenvalue weighted by Gasteiger charge is -2.32. The molecule has 1 aliphatic heterocycles. The first-order valence-corrected chi connectivity index (χ1v) is 7.36. The van der Waals surface area contributed by atoms with Crippen LogP contribution in [-0.2, 0) is 4.74 Å². The predicted molar refractivity (Wildman–Crippen MR) is 82.2 cm³/mol. The van der Waals surface area contributed by atoms with Crippen LogP contribution >= 0.6 is 23.2 Å². The zero-order valence-corrected chi connectivity index (χ0v) is 13.4. The number of likely N-dealkylation sites (N-methyl/N-ethyl adjacent to an activating group) is 1. The van der Waals surface area contributed by atoms with E-state index in [2.05, 4.69) is 0 Å². The number of nitrogens with zero attached hydrogens (tertiary/aromatic N) is 2. The molecule has 21 heavy (non-hydrogen) atoms. The summed E-state index contributed by atoms with van der Waals surface area (Å²) in [6.45, 7) is 1.09. The number of hydrogen-bond donors (Lipinski definition) is 1. The fourth-order valence-electron chi connectivity index (χ4n) is 2.43. The molecule has 1 saturated heterocycles. The summed E-state index contributed by atoms with van der Waals surface area (Å²) < 4.78 is 5.89. The molecule has 1 fully saturated rings. The Hall–Kier alpha value is -1.01. The molecule has 116 valence electrons. The Bertz CT molecular complexity index is 525. The minimum Gasteiger partial charge on any atom is -0.465 e. The molecule has 1 aromatic rings. The van der Waals surface area contributed by atoms with Crippen LogP contribution in [0.3, 0.4) is 0 Å². The van der Waals surface area contributed by atoms with Gasteiger partial charge in [-0.15, -0.1) is 0 Å². The average molecular weight is 333 g/mol. The van der Waals surface area contributed by atoms with E-state index in [1.165, 1.54) is 4.90 Å². The molecule has 2 atom stereocenters. The van der Waals surface area contributed by atoms with Crippen LogP contribution in [-0.4, -0.2) is 60.8 Å². The highest BCUT2D eigenvalue weighted by molar-refractivity contribution is 6.42. The summed E-state index contributed by atoms with van der Waals surface area (Å²) in [5.74, 6) is 0. The number of carboxylic acid groups (broad SMARTS) is 1. The molecule has 0 radical (unpaired) electrons. The SMILES string of the molecule is CN(C)[C@@H]1CN(C(=O)O)CCO[C@H]1c1ccc(Cl)c(Cl)c1. The monoisotopic (exact) mass is 332 g/mol. The first-order valence-electron chi connectivity index (χ1n) is 6.61. The van der Waals surface area contributed by atoms with Crippen LogP contribution in [0.1, 0.15) is 11.7 Å². The van der Waals surface area contributed by atoms with Gasteiger partial charge in [0, 0.05) is 13.1 Å². The summed E-state index contributed by atoms with van der Waals surface area (Å²) in [7, 11) is 3.81. The van der Waals surface area contributed by atoms with Gasteiger partial charge in [-0.3, -0.25) is 0 Å². The minimum absolute atomic E-state index is 0.0964. The lowest BCUT2D eigenvalue weighted by atomic mass is 10.0. The molecule has 1 aromatic carbocycles. The van der Waals surface area contributed by atoms with Crippen molar-refractivity contribution in [2.75, 3.05) is 33.8 Å². The van der Waals surface area contributed by atoms with Gasteiger partial charge in [0.25, 0.3) is 0 Å². The Kier molecular flexibility index (Phi) is 5.32. The second-order valence-electron chi connectivity index (χ2n) is 5.22. The Labute approximate surface area is 134 Å². The lowest BCUT2D eigenvalue weighted by Crippen LogP contribution is -2.44. The molecule has 1 heterocycles. The summed E-state index contributed by atoms with van der Waals surface area (Å²) in [4.78, 5) is 14.6. The van der Waals surface area contributed by atoms with E-state index >= 15 is 0 Å². The molecule has 0 spiro atoms. The van der Waals surface area contributed by atoms with Crippen molar-refractivity contribution in [3.05, 3.63) is 33.8 Å². The van der Waals surface area contributed by atoms with Crippen molar-refractivity contribution < 1.29 is 14.6 Å². The zero-order valence-electron chi connectivity index (χ0n) is 11.9. The average Bonchev–Trinajstić information content (AvgIpc) is 2.64. The van der Waals surface area contributed by atoms with Gasteiger partial charge >= 0.3 is 6.09 Å². The van der Waals surface area contributed by atoms with Crippen LogP contribution in [0.4, 0.5) is 4.79 Å². The normalized spacial score (nSPS) is 23.2. The van der Waals surface area contributed by atoms with E-state index in [9.17, 15) is 9.90 Å². The molecule has 0 saturated carbocycles. The van der Waals surface area contributed by atoms with Crippen molar-refractivity contribution >= 4 is 29.3 Å². The maximum atomic E-state index is 11.2. The van der Waals surface area contributed by atoms with Crippen molar-refractivity contribution in [1.82, 2.24) is 9.80 Å². The maximum Gasteiger partial charge on any atom is 0.407 e. The molecule has 5 nitrogen and oxygen atoms in total. The van der Waals surface area contributed by atoms with E-state index in [0.29, 0.717) is 29.7 Å². The summed E-state index contributed by atoms with van der Waals surface area (Å²) >= 11 is 12.0. The number of amides is 1. The molecule has 7 heteroatoms. The summed E-state index contributed by atoms with van der Waals surface area (Å²) in [6, 6.07) is 5.28. The first kappa shape index (κ1) is 16.4. The summed E-state index contributed by atoms with van der Waals surface area (Å²) in [5, 5.41) is 10.2. The van der Waals surface area contributed by atoms with Crippen LogP contribution in [0.25, 0.3) is 0 Å². The minimum atomic E-state index is -0.930. The van der Waals surface area contributed by atoms with Crippen LogP contribution in [0.15, 0.2) is 18.2 Å². The second-order valence-corrected chi connectivity index (χ2v) is 6.04. The fourth-order valence-corrected chi connectivity index (χ4v) is 2.74. The van der Waals surface area contributed by atoms with Crippen LogP contribution < -0.4 is 0 Å². The van der Waals surface area contributed by atoms with Gasteiger partial charge in [0.1, 0.15) is 0 Å². The first-order chi connectivity index (χ1) is 9.90. The Balaban J connectivity index is 2.30. The predicted octanol–water partition coefficient (Wildman–Crippen LogP) is 2.97. The fraction of sp³-hybridized carbons (Fsp3) is 0.500. The van der Waals surface area contributed by atoms with E-state index in [0.717, 1.165) is 5.56 Å². The third-order valence-corrected chi connectivity index (χ3v) is 4.36. The Morgan fingerprint density at radius 1 is 1.38 bits per heavy atom. The topological polar surface area (TPSA) is 53.0 Å². The van der Waals surface area contributed by atoms with Gasteiger partial charge in [0.15, 0.2) is 0 Å².